The predicted molar refractivity (Wildman–Crippen MR) is 88.9 cm³/mol. The van der Waals surface area contributed by atoms with E-state index >= 15 is 0 Å². The van der Waals surface area contributed by atoms with E-state index < -0.39 is 18.5 Å². The molecule has 0 spiro atoms. The van der Waals surface area contributed by atoms with Crippen molar-refractivity contribution in [1.82, 2.24) is 0 Å². The fourth-order valence-corrected chi connectivity index (χ4v) is 2.93. The number of esters is 1. The Bertz CT molecular complexity index is 965. The van der Waals surface area contributed by atoms with E-state index in [1.165, 1.54) is 11.3 Å². The fraction of sp³-hybridized carbons (Fsp3) is 0.118. The number of ether oxygens (including phenoxy) is 1. The molecule has 2 heterocycles. The van der Waals surface area contributed by atoms with Crippen LogP contribution < -0.4 is 5.32 Å². The van der Waals surface area contributed by atoms with Crippen molar-refractivity contribution in [2.24, 2.45) is 0 Å². The van der Waals surface area contributed by atoms with Gasteiger partial charge in [0.15, 0.2) is 6.61 Å². The summed E-state index contributed by atoms with van der Waals surface area (Å²) in [6.07, 6.45) is 0. The van der Waals surface area contributed by atoms with Gasteiger partial charge in [-0.05, 0) is 31.2 Å². The molecule has 0 bridgehead atoms. The van der Waals surface area contributed by atoms with Crippen LogP contribution in [0.2, 0.25) is 0 Å². The van der Waals surface area contributed by atoms with E-state index in [9.17, 15) is 9.59 Å². The monoisotopic (exact) mass is 340 g/mol. The molecule has 0 aliphatic heterocycles. The van der Waals surface area contributed by atoms with E-state index in [1.807, 2.05) is 13.0 Å². The lowest BCUT2D eigenvalue weighted by molar-refractivity contribution is -0.119. The summed E-state index contributed by atoms with van der Waals surface area (Å²) in [5.41, 5.74) is 0.775. The third kappa shape index (κ3) is 3.14. The van der Waals surface area contributed by atoms with Gasteiger partial charge in [-0.25, -0.2) is 4.79 Å². The van der Waals surface area contributed by atoms with Crippen LogP contribution in [-0.2, 0) is 9.53 Å². The van der Waals surface area contributed by atoms with Crippen LogP contribution in [-0.4, -0.2) is 18.5 Å². The molecule has 2 aromatic heterocycles. The molecule has 0 saturated carbocycles. The van der Waals surface area contributed by atoms with Crippen LogP contribution in [0.1, 0.15) is 20.3 Å². The van der Waals surface area contributed by atoms with Crippen molar-refractivity contribution in [3.63, 3.8) is 0 Å². The number of hydrogen-bond donors (Lipinski definition) is 1. The number of aryl methyl sites for hydroxylation is 1. The van der Waals surface area contributed by atoms with Crippen LogP contribution >= 0.6 is 11.3 Å². The summed E-state index contributed by atoms with van der Waals surface area (Å²) in [6, 6.07) is 12.3. The molecule has 3 aromatic rings. The Labute approximate surface area is 141 Å². The van der Waals surface area contributed by atoms with Crippen molar-refractivity contribution in [2.45, 2.75) is 6.92 Å². The quantitative estimate of drug-likeness (QED) is 0.734. The third-order valence-electron chi connectivity index (χ3n) is 3.24. The highest BCUT2D eigenvalue weighted by molar-refractivity contribution is 7.13. The minimum atomic E-state index is -0.555. The van der Waals surface area contributed by atoms with E-state index in [0.29, 0.717) is 15.8 Å². The van der Waals surface area contributed by atoms with Crippen LogP contribution in [0.25, 0.3) is 11.0 Å². The van der Waals surface area contributed by atoms with Crippen LogP contribution in [0.15, 0.2) is 40.8 Å². The second-order valence-electron chi connectivity index (χ2n) is 4.95. The highest BCUT2D eigenvalue weighted by Gasteiger charge is 2.17. The Morgan fingerprint density at radius 2 is 2.08 bits per heavy atom. The van der Waals surface area contributed by atoms with Gasteiger partial charge in [0.05, 0.1) is 0 Å². The summed E-state index contributed by atoms with van der Waals surface area (Å²) in [5.74, 6) is -1.09. The lowest BCUT2D eigenvalue weighted by atomic mass is 10.2. The minimum absolute atomic E-state index is 0.00441. The zero-order valence-corrected chi connectivity index (χ0v) is 13.5. The van der Waals surface area contributed by atoms with E-state index in [0.717, 1.165) is 4.88 Å². The molecule has 0 aliphatic rings. The molecule has 3 rings (SSSR count). The fourth-order valence-electron chi connectivity index (χ4n) is 2.17. The average Bonchev–Trinajstić information content (AvgIpc) is 3.17. The van der Waals surface area contributed by atoms with Crippen LogP contribution in [0.4, 0.5) is 5.69 Å². The number of benzene rings is 1. The number of rotatable bonds is 4. The second kappa shape index (κ2) is 6.56. The van der Waals surface area contributed by atoms with Crippen molar-refractivity contribution in [3.8, 4) is 6.07 Å². The second-order valence-corrected chi connectivity index (χ2v) is 6.24. The summed E-state index contributed by atoms with van der Waals surface area (Å²) in [7, 11) is 0. The Balaban J connectivity index is 1.69. The Kier molecular flexibility index (Phi) is 4.31. The smallest absolute Gasteiger partial charge is 0.348 e. The predicted octanol–water partition coefficient (Wildman–Crippen LogP) is 3.47. The normalized spacial score (nSPS) is 10.3. The SMILES string of the molecule is Cc1ccc(C(=O)OCC(=O)Nc2c(C#N)oc3ccccc23)s1. The molecular weight excluding hydrogens is 328 g/mol. The van der Waals surface area contributed by atoms with Gasteiger partial charge in [0.2, 0.25) is 5.76 Å². The Morgan fingerprint density at radius 3 is 2.79 bits per heavy atom. The molecule has 1 N–H and O–H groups in total. The van der Waals surface area contributed by atoms with E-state index in [4.69, 9.17) is 14.4 Å². The first-order valence-electron chi connectivity index (χ1n) is 7.03. The summed E-state index contributed by atoms with van der Waals surface area (Å²) in [5, 5.41) is 12.3. The minimum Gasteiger partial charge on any atom is -0.451 e. The molecule has 0 fully saturated rings. The van der Waals surface area contributed by atoms with E-state index in [1.54, 1.807) is 36.4 Å². The van der Waals surface area contributed by atoms with E-state index in [-0.39, 0.29) is 11.4 Å². The molecule has 0 unspecified atom stereocenters. The number of nitrogens with zero attached hydrogens (tertiary/aromatic N) is 1. The molecule has 7 heteroatoms. The number of amides is 1. The van der Waals surface area contributed by atoms with Gasteiger partial charge in [-0.3, -0.25) is 4.79 Å². The van der Waals surface area contributed by atoms with Gasteiger partial charge in [0, 0.05) is 10.3 Å². The Hall–Kier alpha value is -3.11. The number of furan rings is 1. The number of nitrogens with one attached hydrogen (secondary N) is 1. The van der Waals surface area contributed by atoms with E-state index in [2.05, 4.69) is 5.32 Å². The summed E-state index contributed by atoms with van der Waals surface area (Å²) >= 11 is 1.30. The van der Waals surface area contributed by atoms with Crippen molar-refractivity contribution < 1.29 is 18.7 Å². The third-order valence-corrected chi connectivity index (χ3v) is 4.22. The average molecular weight is 340 g/mol. The maximum atomic E-state index is 12.0. The molecule has 6 nitrogen and oxygen atoms in total. The molecule has 0 atom stereocenters. The topological polar surface area (TPSA) is 92.3 Å². The number of anilines is 1. The molecule has 0 aliphatic carbocycles. The summed E-state index contributed by atoms with van der Waals surface area (Å²) < 4.78 is 10.3. The maximum Gasteiger partial charge on any atom is 0.348 e. The van der Waals surface area contributed by atoms with Gasteiger partial charge in [-0.2, -0.15) is 5.26 Å². The molecular formula is C17H12N2O4S. The molecule has 0 radical (unpaired) electrons. The number of hydrogen-bond acceptors (Lipinski definition) is 6. The highest BCUT2D eigenvalue weighted by Crippen LogP contribution is 2.30. The number of carbonyl (C=O) groups is 2. The van der Waals surface area contributed by atoms with Crippen molar-refractivity contribution >= 4 is 39.9 Å². The van der Waals surface area contributed by atoms with Crippen LogP contribution in [0, 0.1) is 18.3 Å². The number of para-hydroxylation sites is 1. The summed E-state index contributed by atoms with van der Waals surface area (Å²) in [4.78, 5) is 25.3. The van der Waals surface area contributed by atoms with Gasteiger partial charge >= 0.3 is 5.97 Å². The molecule has 1 aromatic carbocycles. The number of fused-ring (bicyclic) bond motifs is 1. The Morgan fingerprint density at radius 1 is 1.29 bits per heavy atom. The van der Waals surface area contributed by atoms with Crippen molar-refractivity contribution in [1.29, 1.82) is 5.26 Å². The number of thiophene rings is 1. The molecule has 120 valence electrons. The molecule has 24 heavy (non-hydrogen) atoms. The first kappa shape index (κ1) is 15.8. The van der Waals surface area contributed by atoms with Gasteiger partial charge in [0.25, 0.3) is 5.91 Å². The first-order valence-corrected chi connectivity index (χ1v) is 7.85. The zero-order valence-electron chi connectivity index (χ0n) is 12.7. The van der Waals surface area contributed by atoms with Crippen molar-refractivity contribution in [3.05, 3.63) is 51.9 Å². The molecule has 1 amide bonds. The van der Waals surface area contributed by atoms with Gasteiger partial charge < -0.3 is 14.5 Å². The van der Waals surface area contributed by atoms with Crippen LogP contribution in [0.3, 0.4) is 0 Å². The zero-order chi connectivity index (χ0) is 17.1. The first-order chi connectivity index (χ1) is 11.6. The largest absolute Gasteiger partial charge is 0.451 e. The van der Waals surface area contributed by atoms with Gasteiger partial charge in [-0.15, -0.1) is 11.3 Å². The summed E-state index contributed by atoms with van der Waals surface area (Å²) in [6.45, 7) is 1.43. The number of nitriles is 1. The van der Waals surface area contributed by atoms with Crippen molar-refractivity contribution in [2.75, 3.05) is 11.9 Å². The maximum absolute atomic E-state index is 12.0. The lowest BCUT2D eigenvalue weighted by Gasteiger charge is -2.05. The van der Waals surface area contributed by atoms with Gasteiger partial charge in [-0.1, -0.05) is 12.1 Å². The number of carbonyl (C=O) groups excluding carboxylic acids is 2. The van der Waals surface area contributed by atoms with Gasteiger partial charge in [0.1, 0.15) is 22.2 Å². The van der Waals surface area contributed by atoms with Crippen LogP contribution in [0.5, 0.6) is 0 Å². The molecule has 0 saturated heterocycles. The lowest BCUT2D eigenvalue weighted by Crippen LogP contribution is -2.20. The standard InChI is InChI=1S/C17H12N2O4S/c1-10-6-7-14(24-10)17(21)22-9-15(20)19-16-11-4-2-3-5-12(11)23-13(16)8-18/h2-7H,9H2,1H3,(H,19,20). The highest BCUT2D eigenvalue weighted by atomic mass is 32.1.